The molecule has 0 aliphatic carbocycles. The van der Waals surface area contributed by atoms with Crippen molar-refractivity contribution in [3.63, 3.8) is 0 Å². The van der Waals surface area contributed by atoms with Gasteiger partial charge in [0.25, 0.3) is 0 Å². The van der Waals surface area contributed by atoms with E-state index in [-0.39, 0.29) is 11.2 Å². The van der Waals surface area contributed by atoms with Crippen LogP contribution in [0.4, 0.5) is 32.3 Å². The van der Waals surface area contributed by atoms with E-state index < -0.39 is 6.03 Å². The number of benzene rings is 3. The molecule has 0 aliphatic rings. The average Bonchev–Trinajstić information content (AvgIpc) is 3.47. The van der Waals surface area contributed by atoms with E-state index in [1.807, 2.05) is 63.2 Å². The molecule has 232 valence electrons. The third-order valence-corrected chi connectivity index (χ3v) is 7.29. The lowest BCUT2D eigenvalue weighted by Crippen LogP contribution is -2.21. The minimum Gasteiger partial charge on any atom is -0.488 e. The van der Waals surface area contributed by atoms with E-state index in [1.54, 1.807) is 60.7 Å². The topological polar surface area (TPSA) is 119 Å². The highest BCUT2D eigenvalue weighted by molar-refractivity contribution is 6.07. The normalized spacial score (nSPS) is 11.3. The van der Waals surface area contributed by atoms with Crippen molar-refractivity contribution in [2.45, 2.75) is 39.7 Å². The van der Waals surface area contributed by atoms with Crippen molar-refractivity contribution >= 4 is 39.9 Å². The number of nitrogens with one attached hydrogen (secondary N) is 3. The second-order valence-electron chi connectivity index (χ2n) is 11.8. The summed E-state index contributed by atoms with van der Waals surface area (Å²) in [4.78, 5) is 26.0. The Bertz CT molecular complexity index is 2020. The summed E-state index contributed by atoms with van der Waals surface area (Å²) in [5.74, 6) is 1.95. The molecule has 6 aromatic rings. The number of aryl methyl sites for hydroxylation is 1. The molecule has 0 radical (unpaired) electrons. The number of rotatable bonds is 8. The Balaban J connectivity index is 1.20. The number of halogens is 1. The summed E-state index contributed by atoms with van der Waals surface area (Å²) >= 11 is 0. The van der Waals surface area contributed by atoms with Gasteiger partial charge in [-0.25, -0.2) is 23.8 Å². The average molecular weight is 617 g/mol. The molecule has 0 aliphatic heterocycles. The second kappa shape index (κ2) is 12.6. The molecule has 0 bridgehead atoms. The lowest BCUT2D eigenvalue weighted by molar-refractivity contribution is 0.262. The maximum absolute atomic E-state index is 14.5. The lowest BCUT2D eigenvalue weighted by atomic mass is 9.92. The number of carbonyl (C=O) groups excluding carboxylic acids is 1. The maximum atomic E-state index is 14.5. The van der Waals surface area contributed by atoms with Gasteiger partial charge in [-0.1, -0.05) is 51.1 Å². The minimum absolute atomic E-state index is 0.293. The van der Waals surface area contributed by atoms with Gasteiger partial charge in [-0.2, -0.15) is 5.10 Å². The van der Waals surface area contributed by atoms with E-state index in [4.69, 9.17) is 9.84 Å². The lowest BCUT2D eigenvalue weighted by Gasteiger charge is -2.15. The molecule has 0 saturated carbocycles. The number of aromatic nitrogens is 5. The summed E-state index contributed by atoms with van der Waals surface area (Å²) in [5.41, 5.74) is 3.00. The molecule has 11 heteroatoms. The highest BCUT2D eigenvalue weighted by Gasteiger charge is 2.22. The Hall–Kier alpha value is -5.84. The molecule has 3 aromatic carbocycles. The molecule has 46 heavy (non-hydrogen) atoms. The van der Waals surface area contributed by atoms with Gasteiger partial charge in [0, 0.05) is 40.8 Å². The van der Waals surface area contributed by atoms with Crippen molar-refractivity contribution in [1.82, 2.24) is 24.7 Å². The SMILES string of the molecule is Cc1ccc(-n2nc(C(C)(C)C)cc2NC(=O)Nc2ccc(OCc3ccnc(Nc4cnccn4)c3)c3ccccc23)cc1F. The molecule has 0 saturated heterocycles. The van der Waals surface area contributed by atoms with Crippen molar-refractivity contribution in [3.8, 4) is 11.4 Å². The standard InChI is InChI=1S/C35H33FN8O2/c1-22-9-10-24(18-27(22)36)44-33(19-30(43-44)35(2,3)4)42-34(45)40-28-11-12-29(26-8-6-5-7-25(26)28)46-21-23-13-14-38-31(17-23)41-32-20-37-15-16-39-32/h5-20H,21H2,1-4H3,(H,38,39,41)(H2,40,42,45). The van der Waals surface area contributed by atoms with E-state index in [2.05, 4.69) is 30.9 Å². The summed E-state index contributed by atoms with van der Waals surface area (Å²) in [6.45, 7) is 8.08. The zero-order chi connectivity index (χ0) is 32.3. The fourth-order valence-electron chi connectivity index (χ4n) is 4.81. The van der Waals surface area contributed by atoms with Gasteiger partial charge in [0.15, 0.2) is 0 Å². The first-order valence-electron chi connectivity index (χ1n) is 14.7. The fourth-order valence-corrected chi connectivity index (χ4v) is 4.81. The van der Waals surface area contributed by atoms with Crippen LogP contribution in [0, 0.1) is 12.7 Å². The quantitative estimate of drug-likeness (QED) is 0.159. The van der Waals surface area contributed by atoms with Crippen molar-refractivity contribution < 1.29 is 13.9 Å². The Morgan fingerprint density at radius 2 is 1.70 bits per heavy atom. The third-order valence-electron chi connectivity index (χ3n) is 7.29. The first-order chi connectivity index (χ1) is 22.1. The summed E-state index contributed by atoms with van der Waals surface area (Å²) in [6.07, 6.45) is 6.53. The Morgan fingerprint density at radius 1 is 0.891 bits per heavy atom. The van der Waals surface area contributed by atoms with Crippen LogP contribution in [-0.4, -0.2) is 30.8 Å². The summed E-state index contributed by atoms with van der Waals surface area (Å²) in [5, 5.41) is 15.3. The molecule has 0 fully saturated rings. The first-order valence-corrected chi connectivity index (χ1v) is 14.7. The van der Waals surface area contributed by atoms with E-state index in [0.29, 0.717) is 46.7 Å². The Labute approximate surface area is 265 Å². The largest absolute Gasteiger partial charge is 0.488 e. The fraction of sp³-hybridized carbons (Fsp3) is 0.171. The van der Waals surface area contributed by atoms with Gasteiger partial charge < -0.3 is 15.4 Å². The first kappa shape index (κ1) is 30.2. The predicted octanol–water partition coefficient (Wildman–Crippen LogP) is 7.92. The molecule has 3 aromatic heterocycles. The number of pyridine rings is 1. The summed E-state index contributed by atoms with van der Waals surface area (Å²) in [6, 6.07) is 21.3. The van der Waals surface area contributed by atoms with Gasteiger partial charge >= 0.3 is 6.03 Å². The van der Waals surface area contributed by atoms with Crippen molar-refractivity contribution in [2.75, 3.05) is 16.0 Å². The molecule has 0 spiro atoms. The molecular weight excluding hydrogens is 583 g/mol. The zero-order valence-electron chi connectivity index (χ0n) is 25.9. The van der Waals surface area contributed by atoms with Crippen LogP contribution in [0.25, 0.3) is 16.5 Å². The van der Waals surface area contributed by atoms with Crippen molar-refractivity contribution in [3.05, 3.63) is 120 Å². The number of anilines is 4. The van der Waals surface area contributed by atoms with Crippen LogP contribution >= 0.6 is 0 Å². The Kier molecular flexibility index (Phi) is 8.30. The van der Waals surface area contributed by atoms with E-state index >= 15 is 0 Å². The number of fused-ring (bicyclic) bond motifs is 1. The van der Waals surface area contributed by atoms with E-state index in [0.717, 1.165) is 22.0 Å². The highest BCUT2D eigenvalue weighted by atomic mass is 19.1. The van der Waals surface area contributed by atoms with Crippen LogP contribution in [0.5, 0.6) is 5.75 Å². The van der Waals surface area contributed by atoms with Crippen LogP contribution in [-0.2, 0) is 12.0 Å². The monoisotopic (exact) mass is 616 g/mol. The molecule has 3 heterocycles. The molecule has 10 nitrogen and oxygen atoms in total. The summed E-state index contributed by atoms with van der Waals surface area (Å²) in [7, 11) is 0. The molecule has 6 rings (SSSR count). The van der Waals surface area contributed by atoms with E-state index in [1.165, 1.54) is 6.07 Å². The number of hydrogen-bond acceptors (Lipinski definition) is 7. The van der Waals surface area contributed by atoms with Crippen molar-refractivity contribution in [1.29, 1.82) is 0 Å². The molecule has 3 N–H and O–H groups in total. The zero-order valence-corrected chi connectivity index (χ0v) is 25.9. The Morgan fingerprint density at radius 3 is 2.46 bits per heavy atom. The second-order valence-corrected chi connectivity index (χ2v) is 11.8. The molecular formula is C35H33FN8O2. The van der Waals surface area contributed by atoms with Crippen molar-refractivity contribution in [2.24, 2.45) is 0 Å². The van der Waals surface area contributed by atoms with Crippen LogP contribution in [0.1, 0.15) is 37.6 Å². The van der Waals surface area contributed by atoms with Gasteiger partial charge in [-0.15, -0.1) is 0 Å². The van der Waals surface area contributed by atoms with Gasteiger partial charge in [-0.3, -0.25) is 10.3 Å². The molecule has 0 atom stereocenters. The number of carbonyl (C=O) groups is 1. The smallest absolute Gasteiger partial charge is 0.324 e. The maximum Gasteiger partial charge on any atom is 0.324 e. The molecule has 0 unspecified atom stereocenters. The van der Waals surface area contributed by atoms with Gasteiger partial charge in [0.2, 0.25) is 0 Å². The van der Waals surface area contributed by atoms with Crippen LogP contribution in [0.15, 0.2) is 97.6 Å². The number of urea groups is 1. The van der Waals surface area contributed by atoms with Gasteiger partial charge in [-0.05, 0) is 54.4 Å². The van der Waals surface area contributed by atoms with Crippen LogP contribution in [0.3, 0.4) is 0 Å². The van der Waals surface area contributed by atoms with Crippen LogP contribution < -0.4 is 20.7 Å². The van der Waals surface area contributed by atoms with E-state index in [9.17, 15) is 9.18 Å². The number of amides is 2. The van der Waals surface area contributed by atoms with Gasteiger partial charge in [0.1, 0.15) is 35.6 Å². The minimum atomic E-state index is -0.465. The highest BCUT2D eigenvalue weighted by Crippen LogP contribution is 2.33. The predicted molar refractivity (Wildman–Crippen MR) is 177 cm³/mol. The third kappa shape index (κ3) is 6.78. The number of ether oxygens (including phenoxy) is 1. The molecule has 2 amide bonds. The number of nitrogens with zero attached hydrogens (tertiary/aromatic N) is 5. The summed E-state index contributed by atoms with van der Waals surface area (Å²) < 4.78 is 22.2. The number of hydrogen-bond donors (Lipinski definition) is 3. The van der Waals surface area contributed by atoms with Crippen LogP contribution in [0.2, 0.25) is 0 Å². The van der Waals surface area contributed by atoms with Gasteiger partial charge in [0.05, 0.1) is 23.3 Å².